The van der Waals surface area contributed by atoms with Gasteiger partial charge in [0.2, 0.25) is 11.8 Å². The van der Waals surface area contributed by atoms with E-state index in [4.69, 9.17) is 0 Å². The molecule has 0 aliphatic carbocycles. The van der Waals surface area contributed by atoms with E-state index in [1.807, 2.05) is 4.90 Å². The van der Waals surface area contributed by atoms with Crippen LogP contribution in [0, 0.1) is 5.41 Å². The van der Waals surface area contributed by atoms with Gasteiger partial charge in [-0.3, -0.25) is 9.59 Å². The predicted molar refractivity (Wildman–Crippen MR) is 73.7 cm³/mol. The maximum atomic E-state index is 12.6. The van der Waals surface area contributed by atoms with E-state index < -0.39 is 0 Å². The van der Waals surface area contributed by atoms with Gasteiger partial charge in [-0.05, 0) is 32.2 Å². The quantitative estimate of drug-likeness (QED) is 0.805. The lowest BCUT2D eigenvalue weighted by Gasteiger charge is -2.31. The topological polar surface area (TPSA) is 52.7 Å². The summed E-state index contributed by atoms with van der Waals surface area (Å²) < 4.78 is 0. The molecule has 0 bridgehead atoms. The second-order valence-corrected chi connectivity index (χ2v) is 5.81. The Hall–Kier alpha value is -1.10. The van der Waals surface area contributed by atoms with Crippen LogP contribution in [0.25, 0.3) is 0 Å². The average molecular weight is 267 g/mol. The number of hydrogen-bond donors (Lipinski definition) is 1. The van der Waals surface area contributed by atoms with Gasteiger partial charge in [-0.1, -0.05) is 6.92 Å². The molecule has 1 N–H and O–H groups in total. The number of hydrogen-bond acceptors (Lipinski definition) is 3. The Balaban J connectivity index is 1.93. The summed E-state index contributed by atoms with van der Waals surface area (Å²) in [5.74, 6) is 0.207. The Kier molecular flexibility index (Phi) is 4.45. The summed E-state index contributed by atoms with van der Waals surface area (Å²) in [7, 11) is 1.76. The third kappa shape index (κ3) is 2.91. The molecule has 5 heteroatoms. The van der Waals surface area contributed by atoms with Crippen molar-refractivity contribution in [2.24, 2.45) is 5.41 Å². The highest BCUT2D eigenvalue weighted by molar-refractivity contribution is 5.88. The Morgan fingerprint density at radius 1 is 1.32 bits per heavy atom. The van der Waals surface area contributed by atoms with Gasteiger partial charge in [-0.15, -0.1) is 0 Å². The molecule has 2 rings (SSSR count). The first-order chi connectivity index (χ1) is 9.09. The van der Waals surface area contributed by atoms with E-state index in [-0.39, 0.29) is 23.8 Å². The zero-order valence-corrected chi connectivity index (χ0v) is 12.1. The fourth-order valence-corrected chi connectivity index (χ4v) is 3.13. The molecular formula is C14H25N3O2. The van der Waals surface area contributed by atoms with Crippen molar-refractivity contribution < 1.29 is 9.59 Å². The molecule has 0 aromatic rings. The van der Waals surface area contributed by atoms with Gasteiger partial charge in [-0.2, -0.15) is 0 Å². The summed E-state index contributed by atoms with van der Waals surface area (Å²) in [4.78, 5) is 28.1. The molecule has 2 aliphatic rings. The largest absolute Gasteiger partial charge is 0.341 e. The summed E-state index contributed by atoms with van der Waals surface area (Å²) in [6.45, 7) is 5.61. The molecule has 5 nitrogen and oxygen atoms in total. The number of carbonyl (C=O) groups excluding carboxylic acids is 2. The SMILES string of the molecule is CCC1(C(=O)N(C)CC(=O)N2CCCC2)CCNC1. The summed E-state index contributed by atoms with van der Waals surface area (Å²) >= 11 is 0. The number of likely N-dealkylation sites (N-methyl/N-ethyl adjacent to an activating group) is 1. The molecule has 0 aromatic carbocycles. The number of amides is 2. The molecule has 2 aliphatic heterocycles. The van der Waals surface area contributed by atoms with Crippen molar-refractivity contribution in [3.8, 4) is 0 Å². The smallest absolute Gasteiger partial charge is 0.242 e. The Bertz CT molecular complexity index is 345. The minimum Gasteiger partial charge on any atom is -0.341 e. The van der Waals surface area contributed by atoms with Crippen LogP contribution in [0.4, 0.5) is 0 Å². The lowest BCUT2D eigenvalue weighted by molar-refractivity contribution is -0.145. The maximum absolute atomic E-state index is 12.6. The van der Waals surface area contributed by atoms with Crippen molar-refractivity contribution in [1.29, 1.82) is 0 Å². The van der Waals surface area contributed by atoms with Crippen molar-refractivity contribution in [3.63, 3.8) is 0 Å². The first-order valence-electron chi connectivity index (χ1n) is 7.33. The van der Waals surface area contributed by atoms with Gasteiger partial charge in [0.15, 0.2) is 0 Å². The molecule has 0 saturated carbocycles. The molecule has 2 fully saturated rings. The van der Waals surface area contributed by atoms with Crippen LogP contribution in [0.5, 0.6) is 0 Å². The highest BCUT2D eigenvalue weighted by Gasteiger charge is 2.41. The number of rotatable bonds is 4. The van der Waals surface area contributed by atoms with E-state index in [0.29, 0.717) is 0 Å². The molecule has 0 spiro atoms. The molecule has 1 unspecified atom stereocenters. The molecule has 2 amide bonds. The molecular weight excluding hydrogens is 242 g/mol. The van der Waals surface area contributed by atoms with Crippen molar-refractivity contribution in [2.45, 2.75) is 32.6 Å². The van der Waals surface area contributed by atoms with Crippen LogP contribution in [-0.2, 0) is 9.59 Å². The third-order valence-electron chi connectivity index (χ3n) is 4.55. The zero-order valence-electron chi connectivity index (χ0n) is 12.1. The van der Waals surface area contributed by atoms with Gasteiger partial charge in [0.1, 0.15) is 0 Å². The summed E-state index contributed by atoms with van der Waals surface area (Å²) in [6.07, 6.45) is 3.89. The maximum Gasteiger partial charge on any atom is 0.242 e. The van der Waals surface area contributed by atoms with Gasteiger partial charge in [0, 0.05) is 26.7 Å². The number of nitrogens with zero attached hydrogens (tertiary/aromatic N) is 2. The molecule has 0 radical (unpaired) electrons. The number of nitrogens with one attached hydrogen (secondary N) is 1. The predicted octanol–water partition coefficient (Wildman–Crippen LogP) is 0.457. The van der Waals surface area contributed by atoms with E-state index in [1.54, 1.807) is 11.9 Å². The first-order valence-corrected chi connectivity index (χ1v) is 7.33. The lowest BCUT2D eigenvalue weighted by Crippen LogP contribution is -2.47. The Morgan fingerprint density at radius 2 is 2.00 bits per heavy atom. The highest BCUT2D eigenvalue weighted by atomic mass is 16.2. The van der Waals surface area contributed by atoms with Crippen LogP contribution in [0.1, 0.15) is 32.6 Å². The summed E-state index contributed by atoms with van der Waals surface area (Å²) in [6, 6.07) is 0. The molecule has 2 saturated heterocycles. The van der Waals surface area contributed by atoms with Crippen molar-refractivity contribution in [3.05, 3.63) is 0 Å². The van der Waals surface area contributed by atoms with E-state index >= 15 is 0 Å². The van der Waals surface area contributed by atoms with Crippen molar-refractivity contribution in [1.82, 2.24) is 15.1 Å². The van der Waals surface area contributed by atoms with Crippen LogP contribution in [0.3, 0.4) is 0 Å². The minimum absolute atomic E-state index is 0.0885. The van der Waals surface area contributed by atoms with Crippen LogP contribution in [0.2, 0.25) is 0 Å². The van der Waals surface area contributed by atoms with E-state index in [1.165, 1.54) is 0 Å². The van der Waals surface area contributed by atoms with Crippen molar-refractivity contribution >= 4 is 11.8 Å². The monoisotopic (exact) mass is 267 g/mol. The van der Waals surface area contributed by atoms with Gasteiger partial charge < -0.3 is 15.1 Å². The van der Waals surface area contributed by atoms with Crippen LogP contribution >= 0.6 is 0 Å². The molecule has 108 valence electrons. The normalized spacial score (nSPS) is 26.7. The van der Waals surface area contributed by atoms with E-state index in [9.17, 15) is 9.59 Å². The number of likely N-dealkylation sites (tertiary alicyclic amines) is 1. The lowest BCUT2D eigenvalue weighted by atomic mass is 9.83. The van der Waals surface area contributed by atoms with Gasteiger partial charge in [0.05, 0.1) is 12.0 Å². The van der Waals surface area contributed by atoms with Gasteiger partial charge in [-0.25, -0.2) is 0 Å². The fourth-order valence-electron chi connectivity index (χ4n) is 3.13. The number of carbonyl (C=O) groups is 2. The zero-order chi connectivity index (χ0) is 13.9. The van der Waals surface area contributed by atoms with Crippen LogP contribution < -0.4 is 5.32 Å². The van der Waals surface area contributed by atoms with Gasteiger partial charge in [0.25, 0.3) is 0 Å². The van der Waals surface area contributed by atoms with Crippen molar-refractivity contribution in [2.75, 3.05) is 39.8 Å². The highest BCUT2D eigenvalue weighted by Crippen LogP contribution is 2.31. The summed E-state index contributed by atoms with van der Waals surface area (Å²) in [5, 5.41) is 3.27. The first kappa shape index (κ1) is 14.3. The second-order valence-electron chi connectivity index (χ2n) is 5.81. The fraction of sp³-hybridized carbons (Fsp3) is 0.857. The van der Waals surface area contributed by atoms with E-state index in [0.717, 1.165) is 51.9 Å². The van der Waals surface area contributed by atoms with Crippen LogP contribution in [-0.4, -0.2) is 61.4 Å². The van der Waals surface area contributed by atoms with E-state index in [2.05, 4.69) is 12.2 Å². The Morgan fingerprint density at radius 3 is 2.53 bits per heavy atom. The second kappa shape index (κ2) is 5.90. The average Bonchev–Trinajstić information content (AvgIpc) is 3.09. The van der Waals surface area contributed by atoms with Crippen LogP contribution in [0.15, 0.2) is 0 Å². The molecule has 2 heterocycles. The molecule has 0 aromatic heterocycles. The molecule has 19 heavy (non-hydrogen) atoms. The standard InChI is InChI=1S/C14H25N3O2/c1-3-14(6-7-15-11-14)13(19)16(2)10-12(18)17-8-4-5-9-17/h15H,3-11H2,1-2H3. The molecule has 1 atom stereocenters. The minimum atomic E-state index is -0.292. The third-order valence-corrected chi connectivity index (χ3v) is 4.55. The summed E-state index contributed by atoms with van der Waals surface area (Å²) in [5.41, 5.74) is -0.292. The Labute approximate surface area is 115 Å². The van der Waals surface area contributed by atoms with Gasteiger partial charge >= 0.3 is 0 Å².